The molecule has 0 bridgehead atoms. The number of anilines is 1. The summed E-state index contributed by atoms with van der Waals surface area (Å²) in [7, 11) is 0. The summed E-state index contributed by atoms with van der Waals surface area (Å²) in [6, 6.07) is 5.31. The van der Waals surface area contributed by atoms with E-state index in [9.17, 15) is 0 Å². The number of halogens is 1. The fraction of sp³-hybridized carbons (Fsp3) is 0. The summed E-state index contributed by atoms with van der Waals surface area (Å²) in [5.74, 6) is 0. The minimum absolute atomic E-state index is 0.462. The third-order valence-electron chi connectivity index (χ3n) is 2.21. The van der Waals surface area contributed by atoms with Crippen LogP contribution in [0.15, 0.2) is 45.4 Å². The van der Waals surface area contributed by atoms with E-state index in [1.807, 2.05) is 0 Å². The number of nitrogens with zero attached hydrogens (tertiary/aromatic N) is 3. The smallest absolute Gasteiger partial charge is 0.263 e. The van der Waals surface area contributed by atoms with Crippen molar-refractivity contribution in [2.24, 2.45) is 0 Å². The number of nitrogen functional groups attached to an aromatic ring is 1. The van der Waals surface area contributed by atoms with Crippen LogP contribution in [0.25, 0.3) is 11.1 Å². The highest BCUT2D eigenvalue weighted by atomic mass is 35.5. The van der Waals surface area contributed by atoms with Gasteiger partial charge in [-0.3, -0.25) is 0 Å². The fourth-order valence-corrected chi connectivity index (χ4v) is 2.33. The first-order valence-corrected chi connectivity index (χ1v) is 6.21. The number of hydrogen-bond acceptors (Lipinski definition) is 6. The number of oxazole rings is 1. The Morgan fingerprint density at radius 1 is 1.33 bits per heavy atom. The average Bonchev–Trinajstić information content (AvgIpc) is 2.73. The Balaban J connectivity index is 1.98. The van der Waals surface area contributed by atoms with Gasteiger partial charge in [0, 0.05) is 11.8 Å². The number of rotatable bonds is 2. The molecule has 3 rings (SSSR count). The monoisotopic (exact) mass is 278 g/mol. The summed E-state index contributed by atoms with van der Waals surface area (Å²) in [6.07, 6.45) is 2.95. The molecule has 1 aromatic carbocycles. The third kappa shape index (κ3) is 2.12. The van der Waals surface area contributed by atoms with Crippen molar-refractivity contribution in [1.82, 2.24) is 15.0 Å². The van der Waals surface area contributed by atoms with Crippen LogP contribution in [0, 0.1) is 0 Å². The predicted octanol–water partition coefficient (Wildman–Crippen LogP) is 3.00. The van der Waals surface area contributed by atoms with E-state index >= 15 is 0 Å². The fourth-order valence-electron chi connectivity index (χ4n) is 1.42. The maximum absolute atomic E-state index is 5.96. The van der Waals surface area contributed by atoms with Crippen molar-refractivity contribution in [3.63, 3.8) is 0 Å². The number of benzene rings is 1. The van der Waals surface area contributed by atoms with Crippen LogP contribution < -0.4 is 5.73 Å². The number of aromatic nitrogens is 3. The highest BCUT2D eigenvalue weighted by Gasteiger charge is 2.11. The molecule has 5 nitrogen and oxygen atoms in total. The van der Waals surface area contributed by atoms with Crippen molar-refractivity contribution in [2.75, 3.05) is 5.73 Å². The van der Waals surface area contributed by atoms with Gasteiger partial charge in [-0.05, 0) is 23.9 Å². The van der Waals surface area contributed by atoms with Crippen LogP contribution in [-0.2, 0) is 0 Å². The van der Waals surface area contributed by atoms with Crippen LogP contribution >= 0.6 is 23.4 Å². The van der Waals surface area contributed by atoms with E-state index in [1.54, 1.807) is 18.2 Å². The van der Waals surface area contributed by atoms with Crippen LogP contribution in [0.1, 0.15) is 0 Å². The minimum Gasteiger partial charge on any atom is -0.431 e. The first kappa shape index (κ1) is 11.3. The number of hydrogen-bond donors (Lipinski definition) is 1. The van der Waals surface area contributed by atoms with Crippen molar-refractivity contribution < 1.29 is 4.42 Å². The highest BCUT2D eigenvalue weighted by molar-refractivity contribution is 7.99. The van der Waals surface area contributed by atoms with Crippen LogP contribution in [-0.4, -0.2) is 15.0 Å². The van der Waals surface area contributed by atoms with Crippen molar-refractivity contribution in [3.8, 4) is 0 Å². The van der Waals surface area contributed by atoms with E-state index in [2.05, 4.69) is 15.0 Å². The highest BCUT2D eigenvalue weighted by Crippen LogP contribution is 2.32. The Morgan fingerprint density at radius 3 is 3.06 bits per heavy atom. The first-order chi connectivity index (χ1) is 8.72. The summed E-state index contributed by atoms with van der Waals surface area (Å²) < 4.78 is 5.56. The molecule has 18 heavy (non-hydrogen) atoms. The number of fused-ring (bicyclic) bond motifs is 1. The summed E-state index contributed by atoms with van der Waals surface area (Å²) in [5.41, 5.74) is 7.70. The van der Waals surface area contributed by atoms with Gasteiger partial charge in [0.15, 0.2) is 5.58 Å². The molecule has 0 amide bonds. The lowest BCUT2D eigenvalue weighted by Crippen LogP contribution is -1.83. The molecule has 3 aromatic rings. The third-order valence-corrected chi connectivity index (χ3v) is 3.47. The van der Waals surface area contributed by atoms with Crippen molar-refractivity contribution in [3.05, 3.63) is 35.7 Å². The molecular weight excluding hydrogens is 272 g/mol. The maximum atomic E-state index is 5.96. The molecule has 90 valence electrons. The zero-order valence-electron chi connectivity index (χ0n) is 9.00. The molecule has 7 heteroatoms. The Kier molecular flexibility index (Phi) is 2.81. The predicted molar refractivity (Wildman–Crippen MR) is 69.6 cm³/mol. The van der Waals surface area contributed by atoms with Crippen LogP contribution in [0.5, 0.6) is 0 Å². The van der Waals surface area contributed by atoms with E-state index in [0.717, 1.165) is 5.52 Å². The van der Waals surface area contributed by atoms with Crippen molar-refractivity contribution in [1.29, 1.82) is 0 Å². The molecule has 0 aliphatic carbocycles. The molecule has 0 saturated carbocycles. The minimum atomic E-state index is 0.462. The van der Waals surface area contributed by atoms with E-state index in [1.165, 1.54) is 24.3 Å². The second-order valence-corrected chi connectivity index (χ2v) is 4.83. The van der Waals surface area contributed by atoms with Crippen LogP contribution in [0.3, 0.4) is 0 Å². The van der Waals surface area contributed by atoms with Crippen LogP contribution in [0.4, 0.5) is 5.69 Å². The quantitative estimate of drug-likeness (QED) is 0.573. The summed E-state index contributed by atoms with van der Waals surface area (Å²) >= 11 is 7.21. The summed E-state index contributed by atoms with van der Waals surface area (Å²) in [4.78, 5) is 12.2. The average molecular weight is 279 g/mol. The molecule has 0 radical (unpaired) electrons. The topological polar surface area (TPSA) is 77.8 Å². The van der Waals surface area contributed by atoms with Gasteiger partial charge in [0.25, 0.3) is 5.22 Å². The molecular formula is C11H7ClN4OS. The number of nitrogens with two attached hydrogens (primary N) is 1. The van der Waals surface area contributed by atoms with Crippen molar-refractivity contribution in [2.45, 2.75) is 10.2 Å². The normalized spacial score (nSPS) is 10.9. The summed E-state index contributed by atoms with van der Waals surface area (Å²) in [5, 5.41) is 1.53. The van der Waals surface area contributed by atoms with Crippen molar-refractivity contribution >= 4 is 40.1 Å². The lowest BCUT2D eigenvalue weighted by atomic mass is 10.3. The van der Waals surface area contributed by atoms with Gasteiger partial charge in [0.2, 0.25) is 0 Å². The molecule has 2 N–H and O–H groups in total. The molecule has 0 aliphatic heterocycles. The van der Waals surface area contributed by atoms with Gasteiger partial charge >= 0.3 is 0 Å². The summed E-state index contributed by atoms with van der Waals surface area (Å²) in [6.45, 7) is 0. The lowest BCUT2D eigenvalue weighted by molar-refractivity contribution is 0.489. The standard InChI is InChI=1S/C11H7ClN4OS/c12-7-4-14-5-15-10(7)18-11-16-8-2-1-6(13)3-9(8)17-11/h1-5H,13H2. The Hall–Kier alpha value is -1.79. The van der Waals surface area contributed by atoms with Gasteiger partial charge in [-0.15, -0.1) is 0 Å². The van der Waals surface area contributed by atoms with E-state index in [4.69, 9.17) is 21.8 Å². The molecule has 0 saturated heterocycles. The lowest BCUT2D eigenvalue weighted by Gasteiger charge is -1.96. The van der Waals surface area contributed by atoms with E-state index < -0.39 is 0 Å². The Morgan fingerprint density at radius 2 is 2.22 bits per heavy atom. The molecule has 0 aliphatic rings. The van der Waals surface area contributed by atoms with E-state index in [0.29, 0.717) is 26.5 Å². The Labute approximate surface area is 111 Å². The molecule has 2 aromatic heterocycles. The SMILES string of the molecule is Nc1ccc2nc(Sc3ncncc3Cl)oc2c1. The van der Waals surface area contributed by atoms with E-state index in [-0.39, 0.29) is 0 Å². The van der Waals surface area contributed by atoms with Gasteiger partial charge in [0.1, 0.15) is 16.9 Å². The largest absolute Gasteiger partial charge is 0.431 e. The molecule has 0 fully saturated rings. The molecule has 0 atom stereocenters. The molecule has 2 heterocycles. The molecule has 0 unspecified atom stereocenters. The maximum Gasteiger partial charge on any atom is 0.263 e. The zero-order valence-corrected chi connectivity index (χ0v) is 10.6. The molecule has 0 spiro atoms. The van der Waals surface area contributed by atoms with Gasteiger partial charge in [0.05, 0.1) is 11.2 Å². The zero-order chi connectivity index (χ0) is 12.5. The van der Waals surface area contributed by atoms with Gasteiger partial charge in [-0.1, -0.05) is 11.6 Å². The second-order valence-electron chi connectivity index (χ2n) is 3.48. The second kappa shape index (κ2) is 4.47. The van der Waals surface area contributed by atoms with Crippen LogP contribution in [0.2, 0.25) is 5.02 Å². The van der Waals surface area contributed by atoms with Gasteiger partial charge < -0.3 is 10.2 Å². The first-order valence-electron chi connectivity index (χ1n) is 5.02. The van der Waals surface area contributed by atoms with Gasteiger partial charge in [-0.2, -0.15) is 0 Å². The Bertz CT molecular complexity index is 715. The van der Waals surface area contributed by atoms with Gasteiger partial charge in [-0.25, -0.2) is 15.0 Å².